The summed E-state index contributed by atoms with van der Waals surface area (Å²) in [6, 6.07) is 9.32. The monoisotopic (exact) mass is 405 g/mol. The maximum absolute atomic E-state index is 9.43. The van der Waals surface area contributed by atoms with Gasteiger partial charge in [-0.25, -0.2) is 19.5 Å². The topological polar surface area (TPSA) is 131 Å². The van der Waals surface area contributed by atoms with Crippen LogP contribution in [0.3, 0.4) is 0 Å². The van der Waals surface area contributed by atoms with Gasteiger partial charge in [0.05, 0.1) is 17.9 Å². The van der Waals surface area contributed by atoms with Gasteiger partial charge in [-0.3, -0.25) is 4.98 Å². The van der Waals surface area contributed by atoms with Crippen molar-refractivity contribution in [1.82, 2.24) is 29.5 Å². The zero-order chi connectivity index (χ0) is 20.4. The van der Waals surface area contributed by atoms with Crippen LogP contribution in [0.25, 0.3) is 17.0 Å². The van der Waals surface area contributed by atoms with Gasteiger partial charge in [0.25, 0.3) is 0 Å². The standard InChI is InChI=1S/C19H16ClN9/c1-2-13(27-19-12(8-21)18(22)25-10-26-19)11-7-16-24-9-15(20)29(16)28-17(11)14-5-3-4-6-23-14/h3-7,9-10,13H,2H2,1H3,(H3,22,25,26,27)/t13-/m1/s1. The highest BCUT2D eigenvalue weighted by molar-refractivity contribution is 6.29. The van der Waals surface area contributed by atoms with Gasteiger partial charge in [-0.15, -0.1) is 0 Å². The van der Waals surface area contributed by atoms with Crippen molar-refractivity contribution in [2.45, 2.75) is 19.4 Å². The molecule has 0 spiro atoms. The second-order valence-corrected chi connectivity index (χ2v) is 6.60. The molecule has 0 aromatic carbocycles. The van der Waals surface area contributed by atoms with E-state index in [1.807, 2.05) is 37.3 Å². The van der Waals surface area contributed by atoms with E-state index < -0.39 is 0 Å². The number of hydrogen-bond acceptors (Lipinski definition) is 8. The lowest BCUT2D eigenvalue weighted by molar-refractivity contribution is 0.734. The number of nitrogens with one attached hydrogen (secondary N) is 1. The predicted molar refractivity (Wildman–Crippen MR) is 109 cm³/mol. The number of nitriles is 1. The molecule has 29 heavy (non-hydrogen) atoms. The Bertz CT molecular complexity index is 1210. The van der Waals surface area contributed by atoms with Crippen LogP contribution in [0.4, 0.5) is 11.6 Å². The first-order valence-electron chi connectivity index (χ1n) is 8.85. The summed E-state index contributed by atoms with van der Waals surface area (Å²) >= 11 is 6.22. The Kier molecular flexibility index (Phi) is 4.93. The van der Waals surface area contributed by atoms with E-state index in [4.69, 9.17) is 17.3 Å². The second-order valence-electron chi connectivity index (χ2n) is 6.21. The van der Waals surface area contributed by atoms with E-state index in [1.54, 1.807) is 16.9 Å². The maximum atomic E-state index is 9.43. The zero-order valence-corrected chi connectivity index (χ0v) is 16.2. The third-order valence-electron chi connectivity index (χ3n) is 4.47. The molecule has 9 nitrogen and oxygen atoms in total. The van der Waals surface area contributed by atoms with Gasteiger partial charge in [-0.1, -0.05) is 24.6 Å². The van der Waals surface area contributed by atoms with Crippen LogP contribution in [0.1, 0.15) is 30.5 Å². The highest BCUT2D eigenvalue weighted by Gasteiger charge is 2.22. The fourth-order valence-corrected chi connectivity index (χ4v) is 3.23. The Labute approximate surface area is 171 Å². The summed E-state index contributed by atoms with van der Waals surface area (Å²) in [6.45, 7) is 2.01. The molecule has 0 radical (unpaired) electrons. The van der Waals surface area contributed by atoms with E-state index in [1.165, 1.54) is 6.33 Å². The molecule has 0 aliphatic heterocycles. The van der Waals surface area contributed by atoms with E-state index in [9.17, 15) is 5.26 Å². The fourth-order valence-electron chi connectivity index (χ4n) is 3.05. The van der Waals surface area contributed by atoms with Gasteiger partial charge >= 0.3 is 0 Å². The van der Waals surface area contributed by atoms with Crippen molar-refractivity contribution < 1.29 is 0 Å². The van der Waals surface area contributed by atoms with Crippen LogP contribution in [-0.4, -0.2) is 29.5 Å². The van der Waals surface area contributed by atoms with Crippen LogP contribution >= 0.6 is 11.6 Å². The first kappa shape index (κ1) is 18.6. The Morgan fingerprint density at radius 1 is 1.28 bits per heavy atom. The van der Waals surface area contributed by atoms with E-state index in [0.717, 1.165) is 5.56 Å². The van der Waals surface area contributed by atoms with Crippen molar-refractivity contribution in [3.63, 3.8) is 0 Å². The molecular formula is C19H16ClN9. The Morgan fingerprint density at radius 3 is 2.86 bits per heavy atom. The van der Waals surface area contributed by atoms with Gasteiger partial charge in [0.2, 0.25) is 0 Å². The summed E-state index contributed by atoms with van der Waals surface area (Å²) < 4.78 is 1.56. The fraction of sp³-hybridized carbons (Fsp3) is 0.158. The summed E-state index contributed by atoms with van der Waals surface area (Å²) in [5.74, 6) is 0.485. The highest BCUT2D eigenvalue weighted by Crippen LogP contribution is 2.32. The first-order chi connectivity index (χ1) is 14.1. The molecule has 0 bridgehead atoms. The largest absolute Gasteiger partial charge is 0.382 e. The number of aromatic nitrogens is 6. The SMILES string of the molecule is CC[C@@H](Nc1ncnc(N)c1C#N)c1cc2ncc(Cl)n2nc1-c1ccccn1. The predicted octanol–water partition coefficient (Wildman–Crippen LogP) is 3.25. The van der Waals surface area contributed by atoms with Crippen molar-refractivity contribution in [2.75, 3.05) is 11.1 Å². The third-order valence-corrected chi connectivity index (χ3v) is 4.73. The summed E-state index contributed by atoms with van der Waals surface area (Å²) in [4.78, 5) is 16.8. The summed E-state index contributed by atoms with van der Waals surface area (Å²) in [5.41, 5.74) is 8.82. The number of anilines is 2. The third kappa shape index (κ3) is 3.41. The number of halogens is 1. The molecular weight excluding hydrogens is 390 g/mol. The molecule has 0 aliphatic carbocycles. The second kappa shape index (κ2) is 7.69. The quantitative estimate of drug-likeness (QED) is 0.517. The molecule has 4 rings (SSSR count). The molecule has 0 fully saturated rings. The van der Waals surface area contributed by atoms with Crippen molar-refractivity contribution in [1.29, 1.82) is 5.26 Å². The highest BCUT2D eigenvalue weighted by atomic mass is 35.5. The lowest BCUT2D eigenvalue weighted by Crippen LogP contribution is -2.16. The van der Waals surface area contributed by atoms with Gasteiger partial charge in [-0.2, -0.15) is 10.4 Å². The van der Waals surface area contributed by atoms with Gasteiger partial charge in [0.1, 0.15) is 35.3 Å². The lowest BCUT2D eigenvalue weighted by atomic mass is 10.0. The van der Waals surface area contributed by atoms with Gasteiger partial charge in [-0.05, 0) is 24.6 Å². The Hall–Kier alpha value is -3.77. The average molecular weight is 406 g/mol. The molecule has 0 saturated carbocycles. The molecule has 0 amide bonds. The number of imidazole rings is 1. The van der Waals surface area contributed by atoms with Crippen LogP contribution in [0.5, 0.6) is 0 Å². The normalized spacial score (nSPS) is 11.9. The number of nitrogen functional groups attached to an aromatic ring is 1. The van der Waals surface area contributed by atoms with Gasteiger partial charge in [0, 0.05) is 11.8 Å². The number of pyridine rings is 1. The molecule has 0 saturated heterocycles. The van der Waals surface area contributed by atoms with Gasteiger partial charge in [0.15, 0.2) is 10.8 Å². The van der Waals surface area contributed by atoms with Crippen LogP contribution in [0.2, 0.25) is 5.15 Å². The first-order valence-corrected chi connectivity index (χ1v) is 9.22. The maximum Gasteiger partial charge on any atom is 0.155 e. The lowest BCUT2D eigenvalue weighted by Gasteiger charge is -2.21. The smallest absolute Gasteiger partial charge is 0.155 e. The number of hydrogen-bond donors (Lipinski definition) is 2. The summed E-state index contributed by atoms with van der Waals surface area (Å²) in [6.07, 6.45) is 5.25. The van der Waals surface area contributed by atoms with Crippen LogP contribution in [0.15, 0.2) is 43.0 Å². The summed E-state index contributed by atoms with van der Waals surface area (Å²) in [7, 11) is 0. The molecule has 4 aromatic rings. The molecule has 1 atom stereocenters. The van der Waals surface area contributed by atoms with Crippen LogP contribution in [-0.2, 0) is 0 Å². The van der Waals surface area contributed by atoms with Crippen molar-refractivity contribution in [3.05, 3.63) is 59.3 Å². The summed E-state index contributed by atoms with van der Waals surface area (Å²) in [5, 5.41) is 17.8. The van der Waals surface area contributed by atoms with Gasteiger partial charge < -0.3 is 11.1 Å². The van der Waals surface area contributed by atoms with Crippen molar-refractivity contribution in [3.8, 4) is 17.5 Å². The number of nitrogens with zero attached hydrogens (tertiary/aromatic N) is 7. The Morgan fingerprint density at radius 2 is 2.14 bits per heavy atom. The number of rotatable bonds is 5. The van der Waals surface area contributed by atoms with E-state index in [2.05, 4.69) is 30.4 Å². The molecule has 4 aromatic heterocycles. The van der Waals surface area contributed by atoms with Crippen molar-refractivity contribution >= 4 is 28.9 Å². The average Bonchev–Trinajstić information content (AvgIpc) is 3.11. The molecule has 4 heterocycles. The van der Waals surface area contributed by atoms with Crippen molar-refractivity contribution in [2.24, 2.45) is 0 Å². The van der Waals surface area contributed by atoms with E-state index in [0.29, 0.717) is 34.4 Å². The van der Waals surface area contributed by atoms with E-state index >= 15 is 0 Å². The number of fused-ring (bicyclic) bond motifs is 1. The van der Waals surface area contributed by atoms with E-state index in [-0.39, 0.29) is 17.4 Å². The molecule has 0 aliphatic rings. The minimum Gasteiger partial charge on any atom is -0.382 e. The molecule has 10 heteroatoms. The zero-order valence-electron chi connectivity index (χ0n) is 15.4. The Balaban J connectivity index is 1.87. The van der Waals surface area contributed by atoms with Crippen LogP contribution in [0, 0.1) is 11.3 Å². The minimum atomic E-state index is -0.235. The molecule has 0 unspecified atom stereocenters. The molecule has 3 N–H and O–H groups in total. The number of nitrogens with two attached hydrogens (primary N) is 1. The minimum absolute atomic E-state index is 0.124. The van der Waals surface area contributed by atoms with Crippen LogP contribution < -0.4 is 11.1 Å². The molecule has 144 valence electrons.